The van der Waals surface area contributed by atoms with E-state index in [0.29, 0.717) is 19.4 Å². The second-order valence-corrected chi connectivity index (χ2v) is 10.7. The van der Waals surface area contributed by atoms with Crippen LogP contribution in [0.2, 0.25) is 0 Å². The molecule has 3 rings (SSSR count). The predicted molar refractivity (Wildman–Crippen MR) is 120 cm³/mol. The van der Waals surface area contributed by atoms with E-state index in [1.165, 1.54) is 5.56 Å². The molecule has 0 spiro atoms. The van der Waals surface area contributed by atoms with Crippen molar-refractivity contribution in [3.05, 3.63) is 58.1 Å². The molecule has 1 heterocycles. The number of halogens is 1. The van der Waals surface area contributed by atoms with Crippen molar-refractivity contribution >= 4 is 37.5 Å². The van der Waals surface area contributed by atoms with Gasteiger partial charge in [-0.2, -0.15) is 0 Å². The topological polar surface area (TPSA) is 66.5 Å². The van der Waals surface area contributed by atoms with Gasteiger partial charge in [-0.05, 0) is 67.1 Å². The first-order chi connectivity index (χ1) is 13.7. The number of benzene rings is 2. The lowest BCUT2D eigenvalue weighted by molar-refractivity contribution is -0.118. The number of nitrogens with zero attached hydrogens (tertiary/aromatic N) is 1. The number of fused-ring (bicyclic) bond motifs is 1. The second kappa shape index (κ2) is 8.98. The van der Waals surface area contributed by atoms with Crippen molar-refractivity contribution in [2.45, 2.75) is 51.0 Å². The Bertz CT molecular complexity index is 988. The highest BCUT2D eigenvalue weighted by Crippen LogP contribution is 2.34. The lowest BCUT2D eigenvalue weighted by Crippen LogP contribution is -2.35. The summed E-state index contributed by atoms with van der Waals surface area (Å²) in [5, 5.41) is 0. The summed E-state index contributed by atoms with van der Waals surface area (Å²) in [5.74, 6) is 0.336. The summed E-state index contributed by atoms with van der Waals surface area (Å²) in [7, 11) is -3.49. The minimum Gasteiger partial charge on any atom is -0.309 e. The van der Waals surface area contributed by atoms with E-state index in [1.807, 2.05) is 30.9 Å². The molecule has 156 valence electrons. The van der Waals surface area contributed by atoms with Crippen molar-refractivity contribution in [1.29, 1.82) is 0 Å². The molecule has 2 aromatic carbocycles. The average Bonchev–Trinajstić information content (AvgIpc) is 2.99. The van der Waals surface area contributed by atoms with Crippen LogP contribution in [0.25, 0.3) is 0 Å². The summed E-state index contributed by atoms with van der Waals surface area (Å²) in [6.07, 6.45) is 1.82. The lowest BCUT2D eigenvalue weighted by atomic mass is 10.1. The summed E-state index contributed by atoms with van der Waals surface area (Å²) < 4.78 is 28.2. The monoisotopic (exact) mass is 478 g/mol. The third-order valence-electron chi connectivity index (χ3n) is 5.07. The lowest BCUT2D eigenvalue weighted by Gasteiger charge is -2.23. The zero-order chi connectivity index (χ0) is 21.2. The van der Waals surface area contributed by atoms with Gasteiger partial charge in [0, 0.05) is 29.2 Å². The fraction of sp³-hybridized carbons (Fsp3) is 0.409. The predicted octanol–water partition coefficient (Wildman–Crippen LogP) is 4.29. The van der Waals surface area contributed by atoms with Crippen LogP contribution in [0, 0.1) is 5.92 Å². The van der Waals surface area contributed by atoms with Crippen molar-refractivity contribution in [2.75, 3.05) is 11.4 Å². The molecule has 1 aliphatic heterocycles. The maximum absolute atomic E-state index is 12.9. The molecular formula is C22H27BrN2O3S. The van der Waals surface area contributed by atoms with Crippen LogP contribution in [0.15, 0.2) is 51.8 Å². The van der Waals surface area contributed by atoms with Crippen molar-refractivity contribution in [3.8, 4) is 0 Å². The first kappa shape index (κ1) is 22.0. The zero-order valence-corrected chi connectivity index (χ0v) is 19.4. The average molecular weight is 479 g/mol. The highest BCUT2D eigenvalue weighted by Gasteiger charge is 2.30. The molecule has 0 bridgehead atoms. The number of carbonyl (C=O) groups is 1. The summed E-state index contributed by atoms with van der Waals surface area (Å²) in [4.78, 5) is 15.0. The summed E-state index contributed by atoms with van der Waals surface area (Å²) in [6, 6.07) is 13.0. The Balaban J connectivity index is 1.63. The van der Waals surface area contributed by atoms with Gasteiger partial charge in [0.05, 0.1) is 4.90 Å². The molecule has 1 N–H and O–H groups in total. The second-order valence-electron chi connectivity index (χ2n) is 7.98. The van der Waals surface area contributed by atoms with Crippen molar-refractivity contribution in [3.63, 3.8) is 0 Å². The summed E-state index contributed by atoms with van der Waals surface area (Å²) >= 11 is 3.49. The number of nitrogens with one attached hydrogen (secondary N) is 1. The van der Waals surface area contributed by atoms with Gasteiger partial charge in [0.15, 0.2) is 0 Å². The molecule has 7 heteroatoms. The molecule has 1 aliphatic rings. The van der Waals surface area contributed by atoms with Crippen LogP contribution in [0.5, 0.6) is 0 Å². The van der Waals surface area contributed by atoms with Gasteiger partial charge < -0.3 is 4.90 Å². The standard InChI is InChI=1S/C22H27BrN2O3S/c1-15(2)14-24-29(27,28)20-8-4-17(5-9-20)6-11-22(26)25-16(3)12-18-13-19(23)7-10-21(18)25/h4-5,7-10,13,15-16,24H,6,11-12,14H2,1-3H3/t16-/m0/s1. The maximum atomic E-state index is 12.9. The van der Waals surface area contributed by atoms with E-state index in [-0.39, 0.29) is 22.8 Å². The minimum atomic E-state index is -3.49. The van der Waals surface area contributed by atoms with Gasteiger partial charge in [-0.15, -0.1) is 0 Å². The normalized spacial score (nSPS) is 16.3. The molecule has 0 aromatic heterocycles. The van der Waals surface area contributed by atoms with Crippen LogP contribution >= 0.6 is 15.9 Å². The molecule has 0 saturated heterocycles. The van der Waals surface area contributed by atoms with E-state index >= 15 is 0 Å². The molecule has 0 radical (unpaired) electrons. The quantitative estimate of drug-likeness (QED) is 0.644. The third kappa shape index (κ3) is 5.27. The van der Waals surface area contributed by atoms with Crippen LogP contribution in [0.1, 0.15) is 38.3 Å². The fourth-order valence-electron chi connectivity index (χ4n) is 3.55. The number of amides is 1. The number of hydrogen-bond acceptors (Lipinski definition) is 3. The Morgan fingerprint density at radius 1 is 1.21 bits per heavy atom. The highest BCUT2D eigenvalue weighted by molar-refractivity contribution is 9.10. The number of rotatable bonds is 7. The van der Waals surface area contributed by atoms with Crippen molar-refractivity contribution < 1.29 is 13.2 Å². The molecule has 0 saturated carbocycles. The zero-order valence-electron chi connectivity index (χ0n) is 17.0. The molecule has 29 heavy (non-hydrogen) atoms. The van der Waals surface area contributed by atoms with E-state index in [0.717, 1.165) is 22.1 Å². The van der Waals surface area contributed by atoms with Crippen LogP contribution in [0.3, 0.4) is 0 Å². The van der Waals surface area contributed by atoms with E-state index in [2.05, 4.69) is 33.6 Å². The first-order valence-electron chi connectivity index (χ1n) is 9.86. The molecule has 0 fully saturated rings. The van der Waals surface area contributed by atoms with Gasteiger partial charge in [0.2, 0.25) is 15.9 Å². The Morgan fingerprint density at radius 3 is 2.55 bits per heavy atom. The van der Waals surface area contributed by atoms with Crippen LogP contribution in [-0.2, 0) is 27.7 Å². The van der Waals surface area contributed by atoms with E-state index in [9.17, 15) is 13.2 Å². The van der Waals surface area contributed by atoms with Gasteiger partial charge in [0.1, 0.15) is 0 Å². The first-order valence-corrected chi connectivity index (χ1v) is 12.1. The molecule has 1 atom stereocenters. The van der Waals surface area contributed by atoms with Crippen LogP contribution < -0.4 is 9.62 Å². The van der Waals surface area contributed by atoms with Crippen LogP contribution in [-0.4, -0.2) is 26.9 Å². The van der Waals surface area contributed by atoms with E-state index in [4.69, 9.17) is 0 Å². The molecule has 0 aliphatic carbocycles. The van der Waals surface area contributed by atoms with Gasteiger partial charge in [-0.25, -0.2) is 13.1 Å². The maximum Gasteiger partial charge on any atom is 0.240 e. The smallest absolute Gasteiger partial charge is 0.240 e. The Hall–Kier alpha value is -1.70. The minimum absolute atomic E-state index is 0.0915. The molecular weight excluding hydrogens is 452 g/mol. The Labute approximate surface area is 181 Å². The number of sulfonamides is 1. The summed E-state index contributed by atoms with van der Waals surface area (Å²) in [5.41, 5.74) is 3.12. The van der Waals surface area contributed by atoms with Crippen LogP contribution in [0.4, 0.5) is 5.69 Å². The number of aryl methyl sites for hydroxylation is 1. The molecule has 2 aromatic rings. The highest BCUT2D eigenvalue weighted by atomic mass is 79.9. The van der Waals surface area contributed by atoms with Crippen molar-refractivity contribution in [2.24, 2.45) is 5.92 Å². The van der Waals surface area contributed by atoms with E-state index in [1.54, 1.807) is 24.3 Å². The van der Waals surface area contributed by atoms with Gasteiger partial charge in [-0.1, -0.05) is 41.9 Å². The number of hydrogen-bond donors (Lipinski definition) is 1. The van der Waals surface area contributed by atoms with Crippen molar-refractivity contribution in [1.82, 2.24) is 4.72 Å². The third-order valence-corrected chi connectivity index (χ3v) is 7.00. The fourth-order valence-corrected chi connectivity index (χ4v) is 5.17. The Morgan fingerprint density at radius 2 is 1.90 bits per heavy atom. The van der Waals surface area contributed by atoms with E-state index < -0.39 is 10.0 Å². The number of anilines is 1. The van der Waals surface area contributed by atoms with Gasteiger partial charge in [0.25, 0.3) is 0 Å². The number of carbonyl (C=O) groups excluding carboxylic acids is 1. The summed E-state index contributed by atoms with van der Waals surface area (Å²) in [6.45, 7) is 6.39. The van der Waals surface area contributed by atoms with Gasteiger partial charge >= 0.3 is 0 Å². The molecule has 1 amide bonds. The molecule has 5 nitrogen and oxygen atoms in total. The van der Waals surface area contributed by atoms with Gasteiger partial charge in [-0.3, -0.25) is 4.79 Å². The molecule has 0 unspecified atom stereocenters. The Kier molecular flexibility index (Phi) is 6.81. The SMILES string of the molecule is CC(C)CNS(=O)(=O)c1ccc(CCC(=O)N2c3ccc(Br)cc3C[C@@H]2C)cc1. The largest absolute Gasteiger partial charge is 0.309 e.